The van der Waals surface area contributed by atoms with Crippen LogP contribution < -0.4 is 27.0 Å². The number of nitrogens with zero attached hydrogens (tertiary/aromatic N) is 8. The minimum atomic E-state index is -1.42. The van der Waals surface area contributed by atoms with Gasteiger partial charge < -0.3 is 52.3 Å². The Balaban J connectivity index is 0.934. The molecular weight excluding hydrogens is 1350 g/mol. The van der Waals surface area contributed by atoms with Crippen molar-refractivity contribution in [1.82, 2.24) is 61.1 Å². The van der Waals surface area contributed by atoms with Gasteiger partial charge in [-0.3, -0.25) is 33.6 Å². The molecule has 10 bridgehead atoms. The topological polar surface area (TPSA) is 368 Å². The third-order valence-corrected chi connectivity index (χ3v) is 22.1. The smallest absolute Gasteiger partial charge is 0.306 e. The minimum Gasteiger partial charge on any atom is -0.507 e. The molecule has 2 aromatic carbocycles. The molecule has 1 aliphatic carbocycles. The Kier molecular flexibility index (Phi) is 18.4. The molecule has 7 aromatic heterocycles. The number of hydrogen-bond acceptors (Lipinski definition) is 23. The second-order valence-corrected chi connectivity index (χ2v) is 28.5. The van der Waals surface area contributed by atoms with E-state index in [1.807, 2.05) is 6.92 Å². The molecule has 468 valence electrons. The second-order valence-electron chi connectivity index (χ2n) is 22.0. The van der Waals surface area contributed by atoms with Crippen LogP contribution >= 0.6 is 84.0 Å². The number of aliphatic hydroxyl groups is 2. The van der Waals surface area contributed by atoms with E-state index in [0.717, 1.165) is 34.0 Å². The van der Waals surface area contributed by atoms with Gasteiger partial charge in [-0.05, 0) is 83.9 Å². The number of primary amides is 1. The molecule has 9 heterocycles. The van der Waals surface area contributed by atoms with Crippen LogP contribution in [0.15, 0.2) is 92.0 Å². The maximum atomic E-state index is 15.3. The number of fused-ring (bicyclic) bond motifs is 16. The van der Waals surface area contributed by atoms with Crippen molar-refractivity contribution in [1.29, 1.82) is 0 Å². The van der Waals surface area contributed by atoms with E-state index in [9.17, 15) is 49.2 Å². The van der Waals surface area contributed by atoms with Gasteiger partial charge in [0.2, 0.25) is 11.8 Å². The number of nitrogens with two attached hydrogens (primary N) is 1. The zero-order valence-corrected chi connectivity index (χ0v) is 54.4. The van der Waals surface area contributed by atoms with Crippen molar-refractivity contribution in [3.8, 4) is 49.1 Å². The van der Waals surface area contributed by atoms with E-state index in [-0.39, 0.29) is 57.5 Å². The van der Waals surface area contributed by atoms with Gasteiger partial charge >= 0.3 is 5.97 Å². The summed E-state index contributed by atoms with van der Waals surface area (Å²) >= 11 is 10.2. The molecule has 9 aromatic rings. The molecule has 1 saturated carbocycles. The third-order valence-electron chi connectivity index (χ3n) is 15.9. The highest BCUT2D eigenvalue weighted by atomic mass is 79.9. The van der Waals surface area contributed by atoms with Crippen LogP contribution in [0.3, 0.4) is 0 Å². The first-order valence-corrected chi connectivity index (χ1v) is 34.4. The Morgan fingerprint density at radius 1 is 0.714 bits per heavy atom. The number of benzene rings is 2. The molecule has 31 heteroatoms. The molecular formula is C60H54BrN13O11S6. The van der Waals surface area contributed by atoms with Crippen LogP contribution in [0.5, 0.6) is 5.75 Å². The molecule has 10 N–H and O–H groups in total. The van der Waals surface area contributed by atoms with Gasteiger partial charge in [-0.2, -0.15) is 0 Å². The summed E-state index contributed by atoms with van der Waals surface area (Å²) in [6.45, 7) is 3.33. The van der Waals surface area contributed by atoms with Crippen molar-refractivity contribution >= 4 is 125 Å². The number of phenols is 1. The van der Waals surface area contributed by atoms with E-state index in [1.54, 1.807) is 77.7 Å². The molecule has 24 nitrogen and oxygen atoms in total. The standard InChI is InChI=1S/C60H54BrN13O11S6/c1-25-42(76)19-74-47(25)58-71-40(24-90-58)55-67-36(20-87-55)45-31(13-14-33(64-45)54-69-37(22-88-54)49(79)63-30-11-9-29(10-12-30)60(84)85)53-68-38(21-86-53)50(80)65-34(18-43(62)77)56-73-44(26(2)91-56)52(82)72-46(48(78)28-6-4-3-5-7-28)57-70-39(23-89-57)51(81)66-35(59(74)83)17-27-8-15-41(75)32(61)16-27/h3-8,13-16,20-25,29-30,34-35,42,46-48,75-76,78H,9-12,17-19H2,1-2H3,(H2,62,77)(H,63,79)(H,65,80)(H,66,81)(H,72,82)(H,84,85)/t25-,29?,30?,34-,35-,42-,46-,47-,48+/m0/s1. The molecule has 0 radical (unpaired) electrons. The third kappa shape index (κ3) is 13.5. The zero-order valence-electron chi connectivity index (χ0n) is 47.9. The van der Waals surface area contributed by atoms with E-state index in [4.69, 9.17) is 25.7 Å². The number of thiazole rings is 6. The van der Waals surface area contributed by atoms with Crippen molar-refractivity contribution in [3.63, 3.8) is 0 Å². The molecule has 91 heavy (non-hydrogen) atoms. The lowest BCUT2D eigenvalue weighted by atomic mass is 9.86. The van der Waals surface area contributed by atoms with Gasteiger partial charge in [0.05, 0.1) is 40.7 Å². The normalized spacial score (nSPS) is 21.7. The van der Waals surface area contributed by atoms with Crippen LogP contribution in [0.4, 0.5) is 0 Å². The number of aryl methyl sites for hydroxylation is 1. The summed E-state index contributed by atoms with van der Waals surface area (Å²) in [5, 5.41) is 65.2. The van der Waals surface area contributed by atoms with E-state index >= 15 is 4.79 Å². The predicted molar refractivity (Wildman–Crippen MR) is 344 cm³/mol. The van der Waals surface area contributed by atoms with Crippen LogP contribution in [-0.4, -0.2) is 126 Å². The minimum absolute atomic E-state index is 0.0338. The number of carboxylic acids is 1. The van der Waals surface area contributed by atoms with Crippen LogP contribution in [0, 0.1) is 18.8 Å². The summed E-state index contributed by atoms with van der Waals surface area (Å²) in [5.74, 6) is -5.83. The number of amides is 6. The molecule has 0 unspecified atom stereocenters. The summed E-state index contributed by atoms with van der Waals surface area (Å²) in [5.41, 5.74) is 8.65. The van der Waals surface area contributed by atoms with Crippen LogP contribution in [0.2, 0.25) is 0 Å². The number of pyridine rings is 1. The quantitative estimate of drug-likeness (QED) is 0.0620. The number of phenolic OH excluding ortho intramolecular Hbond substituents is 1. The van der Waals surface area contributed by atoms with E-state index in [0.29, 0.717) is 94.5 Å². The number of aromatic nitrogens is 7. The fourth-order valence-electron chi connectivity index (χ4n) is 11.1. The second kappa shape index (κ2) is 26.6. The molecule has 2 fully saturated rings. The Hall–Kier alpha value is -8.14. The summed E-state index contributed by atoms with van der Waals surface area (Å²) in [4.78, 5) is 132. The van der Waals surface area contributed by atoms with E-state index in [2.05, 4.69) is 52.1 Å². The number of carboxylic acid groups (broad SMARTS) is 1. The number of nitrogens with one attached hydrogen (secondary N) is 4. The van der Waals surface area contributed by atoms with E-state index < -0.39 is 96.0 Å². The highest BCUT2D eigenvalue weighted by molar-refractivity contribution is 9.10. The lowest BCUT2D eigenvalue weighted by molar-refractivity contribution is -0.143. The first-order chi connectivity index (χ1) is 43.7. The molecule has 12 rings (SSSR count). The molecule has 1 saturated heterocycles. The molecule has 2 aliphatic heterocycles. The number of halogens is 1. The summed E-state index contributed by atoms with van der Waals surface area (Å²) in [6.07, 6.45) is -0.954. The maximum absolute atomic E-state index is 15.3. The number of carbonyl (C=O) groups is 7. The number of hydrogen-bond donors (Lipinski definition) is 9. The van der Waals surface area contributed by atoms with Crippen LogP contribution in [-0.2, 0) is 20.8 Å². The zero-order chi connectivity index (χ0) is 63.9. The Labute approximate surface area is 550 Å². The lowest BCUT2D eigenvalue weighted by Gasteiger charge is -2.29. The SMILES string of the molecule is Cc1sc2nc1C(=O)N[C@@H]([C@H](O)c1ccccc1)c1nc(cs1)C(=O)N[C@@H](Cc1ccc(O)c(Br)c1)C(=O)N1C[C@H](O)[C@H](C)[C@H]1c1nc(cs1)-c1nc(cs1)-c1nc(-c3nc(C(=O)NC4CCC(C(=O)O)CC4)cs3)ccc1-c1nc(cs1)C(=O)N[C@H]2CC(N)=O. The highest BCUT2D eigenvalue weighted by Gasteiger charge is 2.46. The van der Waals surface area contributed by atoms with Crippen molar-refractivity contribution < 1.29 is 54.0 Å². The maximum Gasteiger partial charge on any atom is 0.306 e. The van der Waals surface area contributed by atoms with Crippen molar-refractivity contribution in [2.75, 3.05) is 6.54 Å². The van der Waals surface area contributed by atoms with Gasteiger partial charge in [-0.25, -0.2) is 34.9 Å². The van der Waals surface area contributed by atoms with Gasteiger partial charge in [0.15, 0.2) is 0 Å². The van der Waals surface area contributed by atoms with E-state index in [1.165, 1.54) is 55.7 Å². The first-order valence-electron chi connectivity index (χ1n) is 28.4. The van der Waals surface area contributed by atoms with Gasteiger partial charge in [0, 0.05) is 62.3 Å². The number of aromatic hydroxyl groups is 1. The molecule has 0 spiro atoms. The summed E-state index contributed by atoms with van der Waals surface area (Å²) < 4.78 is 0.350. The number of aliphatic hydroxyl groups excluding tert-OH is 2. The van der Waals surface area contributed by atoms with Crippen LogP contribution in [0.1, 0.15) is 136 Å². The van der Waals surface area contributed by atoms with Crippen LogP contribution in [0.25, 0.3) is 43.4 Å². The summed E-state index contributed by atoms with van der Waals surface area (Å²) in [6, 6.07) is 12.0. The van der Waals surface area contributed by atoms with Crippen molar-refractivity contribution in [2.24, 2.45) is 17.6 Å². The number of carbonyl (C=O) groups excluding carboxylic acids is 6. The van der Waals surface area contributed by atoms with Crippen molar-refractivity contribution in [3.05, 3.63) is 146 Å². The average molecular weight is 1410 g/mol. The molecule has 7 atom stereocenters. The van der Waals surface area contributed by atoms with Crippen molar-refractivity contribution in [2.45, 2.75) is 94.8 Å². The molecule has 3 aliphatic rings. The first kappa shape index (κ1) is 63.0. The van der Waals surface area contributed by atoms with Gasteiger partial charge in [0.25, 0.3) is 23.6 Å². The monoisotopic (exact) mass is 1400 g/mol. The predicted octanol–water partition coefficient (Wildman–Crippen LogP) is 8.42. The number of rotatable bonds is 10. The van der Waals surface area contributed by atoms with Gasteiger partial charge in [-0.15, -0.1) is 68.0 Å². The highest BCUT2D eigenvalue weighted by Crippen LogP contribution is 2.43. The van der Waals surface area contributed by atoms with Gasteiger partial charge in [0.1, 0.15) is 93.8 Å². The number of aliphatic carboxylic acids is 1. The Morgan fingerprint density at radius 3 is 2.12 bits per heavy atom. The van der Waals surface area contributed by atoms with Gasteiger partial charge in [-0.1, -0.05) is 43.3 Å². The lowest BCUT2D eigenvalue weighted by Crippen LogP contribution is -2.50. The Morgan fingerprint density at radius 2 is 1.37 bits per heavy atom. The fourth-order valence-corrected chi connectivity index (χ4v) is 16.8. The molecule has 6 amide bonds. The largest absolute Gasteiger partial charge is 0.507 e. The average Bonchev–Trinajstić information content (AvgIpc) is 1.70. The summed E-state index contributed by atoms with van der Waals surface area (Å²) in [7, 11) is 0. The Bertz CT molecular complexity index is 4290. The fraction of sp³-hybridized carbons (Fsp3) is 0.300.